The van der Waals surface area contributed by atoms with Crippen molar-refractivity contribution in [3.05, 3.63) is 0 Å². The van der Waals surface area contributed by atoms with Crippen LogP contribution in [-0.4, -0.2) is 86.2 Å². The molecule has 154 valence electrons. The van der Waals surface area contributed by atoms with Crippen molar-refractivity contribution in [3.8, 4) is 0 Å². The number of sulfone groups is 1. The summed E-state index contributed by atoms with van der Waals surface area (Å²) in [6.07, 6.45) is -3.59. The van der Waals surface area contributed by atoms with E-state index in [1.807, 2.05) is 11.8 Å². The minimum absolute atomic E-state index is 0. The summed E-state index contributed by atoms with van der Waals surface area (Å²) >= 11 is 0. The predicted molar refractivity (Wildman–Crippen MR) is 107 cm³/mol. The minimum atomic E-state index is -4.19. The number of rotatable bonds is 3. The number of hydrogen-bond acceptors (Lipinski definition) is 4. The van der Waals surface area contributed by atoms with Gasteiger partial charge in [-0.05, 0) is 27.2 Å². The van der Waals surface area contributed by atoms with Crippen LogP contribution in [0.4, 0.5) is 13.2 Å². The molecule has 0 aromatic carbocycles. The standard InChI is InChI=1S/C15H27F3N4O2S.HI/c1-4-19-13(22-7-8-25(23,24)14(2,3)10-22)20-12-5-6-21(9-12)11-15(16,17)18;/h12H,4-11H2,1-3H3,(H,19,20);1H. The van der Waals surface area contributed by atoms with Crippen LogP contribution in [0.5, 0.6) is 0 Å². The number of aliphatic imine (C=N–C) groups is 1. The van der Waals surface area contributed by atoms with E-state index < -0.39 is 27.3 Å². The number of hydrogen-bond donors (Lipinski definition) is 1. The Kier molecular flexibility index (Phi) is 8.04. The lowest BCUT2D eigenvalue weighted by atomic mass is 10.2. The molecule has 2 saturated heterocycles. The fourth-order valence-electron chi connectivity index (χ4n) is 3.24. The SMILES string of the molecule is CCN=C(NC1CCN(CC(F)(F)F)C1)N1CCS(=O)(=O)C(C)(C)C1.I. The van der Waals surface area contributed by atoms with Gasteiger partial charge in [-0.1, -0.05) is 0 Å². The molecule has 0 bridgehead atoms. The summed E-state index contributed by atoms with van der Waals surface area (Å²) in [6, 6.07) is -0.116. The van der Waals surface area contributed by atoms with Crippen LogP contribution in [0.25, 0.3) is 0 Å². The van der Waals surface area contributed by atoms with Crippen LogP contribution in [0.3, 0.4) is 0 Å². The molecule has 26 heavy (non-hydrogen) atoms. The highest BCUT2D eigenvalue weighted by atomic mass is 127. The van der Waals surface area contributed by atoms with E-state index in [4.69, 9.17) is 0 Å². The van der Waals surface area contributed by atoms with Crippen LogP contribution in [0.1, 0.15) is 27.2 Å². The Bertz CT molecular complexity index is 611. The molecule has 1 atom stereocenters. The second kappa shape index (κ2) is 8.80. The van der Waals surface area contributed by atoms with Gasteiger partial charge in [0.05, 0.1) is 17.0 Å². The number of alkyl halides is 3. The first kappa shape index (κ1) is 23.7. The molecule has 0 aromatic heterocycles. The van der Waals surface area contributed by atoms with Gasteiger partial charge in [0.2, 0.25) is 0 Å². The molecular formula is C15H28F3IN4O2S. The summed E-state index contributed by atoms with van der Waals surface area (Å²) < 4.78 is 61.0. The summed E-state index contributed by atoms with van der Waals surface area (Å²) in [4.78, 5) is 7.70. The van der Waals surface area contributed by atoms with Crippen LogP contribution < -0.4 is 5.32 Å². The Morgan fingerprint density at radius 3 is 2.50 bits per heavy atom. The van der Waals surface area contributed by atoms with E-state index in [1.54, 1.807) is 13.8 Å². The van der Waals surface area contributed by atoms with Crippen LogP contribution in [0.15, 0.2) is 4.99 Å². The lowest BCUT2D eigenvalue weighted by molar-refractivity contribution is -0.143. The zero-order valence-electron chi connectivity index (χ0n) is 15.3. The number of nitrogens with one attached hydrogen (secondary N) is 1. The van der Waals surface area contributed by atoms with E-state index in [2.05, 4.69) is 10.3 Å². The normalized spacial score (nSPS) is 26.5. The summed E-state index contributed by atoms with van der Waals surface area (Å²) in [6.45, 7) is 6.23. The van der Waals surface area contributed by atoms with Gasteiger partial charge in [0, 0.05) is 38.8 Å². The van der Waals surface area contributed by atoms with Crippen LogP contribution in [-0.2, 0) is 9.84 Å². The van der Waals surface area contributed by atoms with E-state index in [0.29, 0.717) is 45.1 Å². The van der Waals surface area contributed by atoms with Crippen molar-refractivity contribution in [2.24, 2.45) is 4.99 Å². The molecule has 2 rings (SSSR count). The molecule has 2 aliphatic rings. The zero-order valence-corrected chi connectivity index (χ0v) is 18.5. The molecule has 0 aliphatic carbocycles. The Morgan fingerprint density at radius 1 is 1.31 bits per heavy atom. The third kappa shape index (κ3) is 6.11. The molecule has 2 fully saturated rings. The fraction of sp³-hybridized carbons (Fsp3) is 0.933. The van der Waals surface area contributed by atoms with Crippen molar-refractivity contribution >= 4 is 39.8 Å². The van der Waals surface area contributed by atoms with Crippen LogP contribution >= 0.6 is 24.0 Å². The lowest BCUT2D eigenvalue weighted by Gasteiger charge is -2.39. The average Bonchev–Trinajstić information content (AvgIpc) is 2.86. The van der Waals surface area contributed by atoms with Gasteiger partial charge in [0.1, 0.15) is 0 Å². The molecule has 2 heterocycles. The Hall–Kier alpha value is -0.300. The molecule has 6 nitrogen and oxygen atoms in total. The highest BCUT2D eigenvalue weighted by Crippen LogP contribution is 2.24. The molecule has 1 N–H and O–H groups in total. The van der Waals surface area contributed by atoms with E-state index in [9.17, 15) is 21.6 Å². The first-order chi connectivity index (χ1) is 11.4. The molecule has 2 aliphatic heterocycles. The second-order valence-electron chi connectivity index (χ2n) is 7.28. The quantitative estimate of drug-likeness (QED) is 0.355. The smallest absolute Gasteiger partial charge is 0.352 e. The van der Waals surface area contributed by atoms with Crippen molar-refractivity contribution in [2.75, 3.05) is 45.0 Å². The van der Waals surface area contributed by atoms with Crippen molar-refractivity contribution in [3.63, 3.8) is 0 Å². The van der Waals surface area contributed by atoms with Crippen molar-refractivity contribution in [1.82, 2.24) is 15.1 Å². The predicted octanol–water partition coefficient (Wildman–Crippen LogP) is 1.72. The van der Waals surface area contributed by atoms with Crippen LogP contribution in [0, 0.1) is 0 Å². The lowest BCUT2D eigenvalue weighted by Crippen LogP contribution is -2.58. The van der Waals surface area contributed by atoms with Gasteiger partial charge < -0.3 is 10.2 Å². The number of guanidine groups is 1. The van der Waals surface area contributed by atoms with Gasteiger partial charge >= 0.3 is 6.18 Å². The molecular weight excluding hydrogens is 484 g/mol. The maximum Gasteiger partial charge on any atom is 0.401 e. The molecule has 0 aromatic rings. The third-order valence-corrected chi connectivity index (χ3v) is 7.19. The highest BCUT2D eigenvalue weighted by molar-refractivity contribution is 14.0. The largest absolute Gasteiger partial charge is 0.401 e. The van der Waals surface area contributed by atoms with Crippen molar-refractivity contribution in [1.29, 1.82) is 0 Å². The topological polar surface area (TPSA) is 65.0 Å². The van der Waals surface area contributed by atoms with Crippen molar-refractivity contribution in [2.45, 2.75) is 44.2 Å². The van der Waals surface area contributed by atoms with E-state index in [0.717, 1.165) is 0 Å². The first-order valence-corrected chi connectivity index (χ1v) is 10.2. The summed E-state index contributed by atoms with van der Waals surface area (Å²) in [5.41, 5.74) is 0. The average molecular weight is 512 g/mol. The minimum Gasteiger partial charge on any atom is -0.352 e. The van der Waals surface area contributed by atoms with Crippen LogP contribution in [0.2, 0.25) is 0 Å². The summed E-state index contributed by atoms with van der Waals surface area (Å²) in [5.74, 6) is 0.638. The Morgan fingerprint density at radius 2 is 1.96 bits per heavy atom. The van der Waals surface area contributed by atoms with Gasteiger partial charge in [0.25, 0.3) is 0 Å². The van der Waals surface area contributed by atoms with Gasteiger partial charge in [0.15, 0.2) is 15.8 Å². The number of likely N-dealkylation sites (tertiary alicyclic amines) is 1. The van der Waals surface area contributed by atoms with Gasteiger partial charge in [-0.15, -0.1) is 24.0 Å². The van der Waals surface area contributed by atoms with E-state index in [-0.39, 0.29) is 35.8 Å². The van der Waals surface area contributed by atoms with E-state index >= 15 is 0 Å². The second-order valence-corrected chi connectivity index (χ2v) is 10.0. The molecule has 11 heteroatoms. The molecule has 0 radical (unpaired) electrons. The molecule has 0 saturated carbocycles. The molecule has 1 unspecified atom stereocenters. The highest BCUT2D eigenvalue weighted by Gasteiger charge is 2.41. The number of halogens is 4. The first-order valence-electron chi connectivity index (χ1n) is 8.51. The zero-order chi connectivity index (χ0) is 18.9. The maximum absolute atomic E-state index is 12.5. The Balaban J connectivity index is 0.00000338. The monoisotopic (exact) mass is 512 g/mol. The van der Waals surface area contributed by atoms with Crippen molar-refractivity contribution < 1.29 is 21.6 Å². The molecule has 0 amide bonds. The van der Waals surface area contributed by atoms with Gasteiger partial charge in [-0.2, -0.15) is 13.2 Å². The Labute approximate surface area is 170 Å². The summed E-state index contributed by atoms with van der Waals surface area (Å²) in [7, 11) is -3.16. The van der Waals surface area contributed by atoms with E-state index in [1.165, 1.54) is 4.90 Å². The maximum atomic E-state index is 12.5. The molecule has 0 spiro atoms. The van der Waals surface area contributed by atoms with Gasteiger partial charge in [-0.25, -0.2) is 8.42 Å². The van der Waals surface area contributed by atoms with Gasteiger partial charge in [-0.3, -0.25) is 9.89 Å². The summed E-state index contributed by atoms with van der Waals surface area (Å²) in [5, 5.41) is 3.24. The third-order valence-electron chi connectivity index (χ3n) is 4.66. The fourth-order valence-corrected chi connectivity index (χ4v) is 4.61. The number of nitrogens with zero attached hydrogens (tertiary/aromatic N) is 3.